The van der Waals surface area contributed by atoms with E-state index < -0.39 is 17.5 Å². The Balaban J connectivity index is 1.89. The van der Waals surface area contributed by atoms with Crippen molar-refractivity contribution >= 4 is 18.2 Å². The van der Waals surface area contributed by atoms with Crippen molar-refractivity contribution in [3.63, 3.8) is 0 Å². The SMILES string of the molecule is Cc1ccccc1/C=N\N1C(=O)N[C@@](C)(c2ccccc2)C1=O. The fourth-order valence-corrected chi connectivity index (χ4v) is 2.55. The number of hydrogen-bond donors (Lipinski definition) is 1. The summed E-state index contributed by atoms with van der Waals surface area (Å²) in [5, 5.41) is 7.69. The van der Waals surface area contributed by atoms with Gasteiger partial charge >= 0.3 is 6.03 Å². The average Bonchev–Trinajstić information content (AvgIpc) is 2.78. The van der Waals surface area contributed by atoms with Gasteiger partial charge in [0.25, 0.3) is 5.91 Å². The van der Waals surface area contributed by atoms with Gasteiger partial charge in [0.1, 0.15) is 5.54 Å². The highest BCUT2D eigenvalue weighted by molar-refractivity contribution is 6.07. The summed E-state index contributed by atoms with van der Waals surface area (Å²) in [5.41, 5.74) is 1.52. The van der Waals surface area contributed by atoms with Crippen LogP contribution >= 0.6 is 0 Å². The lowest BCUT2D eigenvalue weighted by molar-refractivity contribution is -0.131. The van der Waals surface area contributed by atoms with Gasteiger partial charge in [-0.3, -0.25) is 4.79 Å². The van der Waals surface area contributed by atoms with E-state index in [1.165, 1.54) is 6.21 Å². The van der Waals surface area contributed by atoms with Crippen LogP contribution in [0.1, 0.15) is 23.6 Å². The van der Waals surface area contributed by atoms with Gasteiger partial charge in [-0.2, -0.15) is 5.10 Å². The molecule has 3 rings (SSSR count). The zero-order valence-electron chi connectivity index (χ0n) is 13.0. The molecule has 116 valence electrons. The number of imide groups is 1. The third-order valence-corrected chi connectivity index (χ3v) is 4.02. The number of rotatable bonds is 3. The standard InChI is InChI=1S/C18H17N3O2/c1-13-8-6-7-9-14(13)12-19-21-16(22)18(2,20-17(21)23)15-10-4-3-5-11-15/h3-12H,1-2H3,(H,20,23)/b19-12-/t18-/m0/s1. The van der Waals surface area contributed by atoms with Crippen LogP contribution in [0.25, 0.3) is 0 Å². The average molecular weight is 307 g/mol. The molecule has 1 fully saturated rings. The number of aryl methyl sites for hydroxylation is 1. The first-order valence-corrected chi connectivity index (χ1v) is 7.34. The molecule has 0 aromatic heterocycles. The lowest BCUT2D eigenvalue weighted by Gasteiger charge is -2.20. The first kappa shape index (κ1) is 15.0. The van der Waals surface area contributed by atoms with Gasteiger partial charge in [-0.15, -0.1) is 5.01 Å². The minimum absolute atomic E-state index is 0.390. The van der Waals surface area contributed by atoms with Gasteiger partial charge in [-0.05, 0) is 30.5 Å². The lowest BCUT2D eigenvalue weighted by Crippen LogP contribution is -2.40. The molecule has 1 heterocycles. The van der Waals surface area contributed by atoms with Gasteiger partial charge in [-0.1, -0.05) is 54.6 Å². The Labute approximate surface area is 134 Å². The summed E-state index contributed by atoms with van der Waals surface area (Å²) in [7, 11) is 0. The number of nitrogens with one attached hydrogen (secondary N) is 1. The van der Waals surface area contributed by atoms with Crippen molar-refractivity contribution < 1.29 is 9.59 Å². The third kappa shape index (κ3) is 2.61. The van der Waals surface area contributed by atoms with Gasteiger partial charge < -0.3 is 5.32 Å². The summed E-state index contributed by atoms with van der Waals surface area (Å²) in [5.74, 6) is -0.390. The van der Waals surface area contributed by atoms with Gasteiger partial charge in [0.05, 0.1) is 6.21 Å². The quantitative estimate of drug-likeness (QED) is 0.700. The highest BCUT2D eigenvalue weighted by atomic mass is 16.2. The number of hydrogen-bond acceptors (Lipinski definition) is 3. The molecule has 1 N–H and O–H groups in total. The van der Waals surface area contributed by atoms with Gasteiger partial charge in [0.2, 0.25) is 0 Å². The molecule has 0 unspecified atom stereocenters. The van der Waals surface area contributed by atoms with Gasteiger partial charge in [0, 0.05) is 0 Å². The zero-order valence-corrected chi connectivity index (χ0v) is 13.0. The van der Waals surface area contributed by atoms with Crippen LogP contribution in [0.5, 0.6) is 0 Å². The highest BCUT2D eigenvalue weighted by Crippen LogP contribution is 2.28. The molecule has 23 heavy (non-hydrogen) atoms. The molecular weight excluding hydrogens is 290 g/mol. The molecule has 0 spiro atoms. The van der Waals surface area contributed by atoms with E-state index in [-0.39, 0.29) is 0 Å². The maximum absolute atomic E-state index is 12.7. The molecule has 1 atom stereocenters. The molecule has 0 bridgehead atoms. The van der Waals surface area contributed by atoms with E-state index in [1.807, 2.05) is 61.5 Å². The van der Waals surface area contributed by atoms with Crippen molar-refractivity contribution in [3.8, 4) is 0 Å². The molecule has 5 heteroatoms. The largest absolute Gasteiger partial charge is 0.346 e. The van der Waals surface area contributed by atoms with Crippen molar-refractivity contribution in [1.82, 2.24) is 10.3 Å². The van der Waals surface area contributed by atoms with Gasteiger partial charge in [-0.25, -0.2) is 4.79 Å². The van der Waals surface area contributed by atoms with E-state index in [2.05, 4.69) is 10.4 Å². The molecule has 1 aliphatic rings. The summed E-state index contributed by atoms with van der Waals surface area (Å²) in [4.78, 5) is 24.8. The van der Waals surface area contributed by atoms with Crippen LogP contribution in [0.3, 0.4) is 0 Å². The number of urea groups is 1. The molecule has 3 amide bonds. The third-order valence-electron chi connectivity index (χ3n) is 4.02. The number of carbonyl (C=O) groups is 2. The van der Waals surface area contributed by atoms with E-state index >= 15 is 0 Å². The van der Waals surface area contributed by atoms with Crippen LogP contribution in [-0.2, 0) is 10.3 Å². The van der Waals surface area contributed by atoms with Crippen LogP contribution in [0.15, 0.2) is 59.7 Å². The highest BCUT2D eigenvalue weighted by Gasteiger charge is 2.49. The van der Waals surface area contributed by atoms with Crippen LogP contribution in [-0.4, -0.2) is 23.2 Å². The maximum atomic E-state index is 12.7. The lowest BCUT2D eigenvalue weighted by atomic mass is 9.92. The fraction of sp³-hybridized carbons (Fsp3) is 0.167. The molecule has 0 saturated carbocycles. The van der Waals surface area contributed by atoms with Crippen molar-refractivity contribution in [2.45, 2.75) is 19.4 Å². The van der Waals surface area contributed by atoms with Crippen LogP contribution in [0.4, 0.5) is 4.79 Å². The molecule has 1 aliphatic heterocycles. The predicted molar refractivity (Wildman–Crippen MR) is 87.9 cm³/mol. The Morgan fingerprint density at radius 2 is 1.70 bits per heavy atom. The van der Waals surface area contributed by atoms with Crippen LogP contribution in [0.2, 0.25) is 0 Å². The Morgan fingerprint density at radius 3 is 2.39 bits per heavy atom. The fourth-order valence-electron chi connectivity index (χ4n) is 2.55. The normalized spacial score (nSPS) is 21.0. The topological polar surface area (TPSA) is 61.8 Å². The summed E-state index contributed by atoms with van der Waals surface area (Å²) in [6.45, 7) is 3.63. The number of amides is 3. The Hall–Kier alpha value is -2.95. The molecule has 0 radical (unpaired) electrons. The van der Waals surface area contributed by atoms with Crippen LogP contribution in [0, 0.1) is 6.92 Å². The van der Waals surface area contributed by atoms with E-state index in [9.17, 15) is 9.59 Å². The Bertz CT molecular complexity index is 786. The van der Waals surface area contributed by atoms with E-state index in [1.54, 1.807) is 6.92 Å². The maximum Gasteiger partial charge on any atom is 0.346 e. The van der Waals surface area contributed by atoms with Gasteiger partial charge in [0.15, 0.2) is 0 Å². The number of hydrazone groups is 1. The molecule has 0 aliphatic carbocycles. The molecule has 2 aromatic rings. The van der Waals surface area contributed by atoms with Crippen molar-refractivity contribution in [1.29, 1.82) is 0 Å². The molecule has 1 saturated heterocycles. The second kappa shape index (κ2) is 5.68. The zero-order chi connectivity index (χ0) is 16.4. The van der Waals surface area contributed by atoms with Crippen LogP contribution < -0.4 is 5.32 Å². The van der Waals surface area contributed by atoms with Crippen molar-refractivity contribution in [3.05, 3.63) is 71.3 Å². The summed E-state index contributed by atoms with van der Waals surface area (Å²) < 4.78 is 0. The number of carbonyl (C=O) groups excluding carboxylic acids is 2. The van der Waals surface area contributed by atoms with E-state index in [4.69, 9.17) is 0 Å². The Morgan fingerprint density at radius 1 is 1.04 bits per heavy atom. The predicted octanol–water partition coefficient (Wildman–Crippen LogP) is 2.80. The smallest absolute Gasteiger partial charge is 0.318 e. The monoisotopic (exact) mass is 307 g/mol. The molecular formula is C18H17N3O2. The van der Waals surface area contributed by atoms with Crippen molar-refractivity contribution in [2.24, 2.45) is 5.10 Å². The second-order valence-corrected chi connectivity index (χ2v) is 5.64. The Kier molecular flexibility index (Phi) is 3.70. The number of benzene rings is 2. The summed E-state index contributed by atoms with van der Waals surface area (Å²) in [6.07, 6.45) is 1.53. The molecule has 5 nitrogen and oxygen atoms in total. The van der Waals surface area contributed by atoms with E-state index in [0.29, 0.717) is 0 Å². The first-order chi connectivity index (χ1) is 11.0. The van der Waals surface area contributed by atoms with Crippen molar-refractivity contribution in [2.75, 3.05) is 0 Å². The van der Waals surface area contributed by atoms with E-state index in [0.717, 1.165) is 21.7 Å². The minimum atomic E-state index is -1.10. The summed E-state index contributed by atoms with van der Waals surface area (Å²) >= 11 is 0. The summed E-state index contributed by atoms with van der Waals surface area (Å²) in [6, 6.07) is 16.3. The molecule has 2 aromatic carbocycles. The first-order valence-electron chi connectivity index (χ1n) is 7.34. The number of nitrogens with zero attached hydrogens (tertiary/aromatic N) is 2. The second-order valence-electron chi connectivity index (χ2n) is 5.64. The minimum Gasteiger partial charge on any atom is -0.318 e.